The van der Waals surface area contributed by atoms with E-state index >= 15 is 0 Å². The van der Waals surface area contributed by atoms with Gasteiger partial charge in [-0.1, -0.05) is 72.8 Å². The van der Waals surface area contributed by atoms with Crippen molar-refractivity contribution < 1.29 is 0 Å². The maximum absolute atomic E-state index is 3.82. The molecule has 2 atom stereocenters. The molecule has 3 aliphatic rings. The fourth-order valence-corrected chi connectivity index (χ4v) is 6.26. The first-order chi connectivity index (χ1) is 15.9. The van der Waals surface area contributed by atoms with Gasteiger partial charge in [0, 0.05) is 28.1 Å². The zero-order valence-corrected chi connectivity index (χ0v) is 17.4. The van der Waals surface area contributed by atoms with Crippen LogP contribution in [0.1, 0.15) is 17.0 Å². The van der Waals surface area contributed by atoms with Crippen LogP contribution in [-0.4, -0.2) is 10.6 Å². The van der Waals surface area contributed by atoms with Crippen LogP contribution in [0.2, 0.25) is 0 Å². The van der Waals surface area contributed by atoms with Gasteiger partial charge >= 0.3 is 0 Å². The van der Waals surface area contributed by atoms with E-state index in [9.17, 15) is 0 Å². The standard InChI is InChI=1S/C30H20N2/c1-2-8-18(9-3-1)32-25-15-7-13-22-20-11-5-4-10-19(20)21-12-6-14-23-27(21)29-24(31-23)16-17-26(32)30(29)28(22)25/h1-17,23,27,31H. The molecular formula is C30H20N2. The van der Waals surface area contributed by atoms with E-state index in [2.05, 4.69) is 113 Å². The number of para-hydroxylation sites is 1. The summed E-state index contributed by atoms with van der Waals surface area (Å²) in [6.07, 6.45) is 6.87. The Hall–Kier alpha value is -4.04. The van der Waals surface area contributed by atoms with Crippen LogP contribution < -0.4 is 5.32 Å². The molecule has 32 heavy (non-hydrogen) atoms. The molecule has 2 nitrogen and oxygen atoms in total. The van der Waals surface area contributed by atoms with Gasteiger partial charge in [0.1, 0.15) is 0 Å². The van der Waals surface area contributed by atoms with Crippen molar-refractivity contribution in [2.75, 3.05) is 5.32 Å². The normalized spacial score (nSPS) is 19.6. The number of aromatic nitrogens is 1. The number of allylic oxidation sites excluding steroid dienone is 2. The van der Waals surface area contributed by atoms with E-state index in [4.69, 9.17) is 0 Å². The predicted octanol–water partition coefficient (Wildman–Crippen LogP) is 7.30. The first-order valence-electron chi connectivity index (χ1n) is 11.3. The van der Waals surface area contributed by atoms with Crippen molar-refractivity contribution in [3.8, 4) is 16.8 Å². The minimum Gasteiger partial charge on any atom is -0.378 e. The minimum absolute atomic E-state index is 0.295. The molecule has 8 rings (SSSR count). The number of rotatable bonds is 1. The highest BCUT2D eigenvalue weighted by Crippen LogP contribution is 2.55. The number of anilines is 1. The fourth-order valence-electron chi connectivity index (χ4n) is 6.26. The SMILES string of the molecule is C1=CC2Nc3ccc4c5c3C2C(=C1)c1ccccc1-c1cccc(c15)n4-c1ccccc1. The first kappa shape index (κ1) is 16.6. The van der Waals surface area contributed by atoms with Gasteiger partial charge in [0.25, 0.3) is 0 Å². The first-order valence-corrected chi connectivity index (χ1v) is 11.3. The summed E-state index contributed by atoms with van der Waals surface area (Å²) in [6.45, 7) is 0. The molecule has 0 fully saturated rings. The summed E-state index contributed by atoms with van der Waals surface area (Å²) >= 11 is 0. The minimum atomic E-state index is 0.295. The van der Waals surface area contributed by atoms with Crippen molar-refractivity contribution in [3.05, 3.63) is 114 Å². The Kier molecular flexibility index (Phi) is 3.01. The number of hydrogen-bond acceptors (Lipinski definition) is 1. The lowest BCUT2D eigenvalue weighted by atomic mass is 9.75. The summed E-state index contributed by atoms with van der Waals surface area (Å²) < 4.78 is 2.44. The van der Waals surface area contributed by atoms with Gasteiger partial charge < -0.3 is 9.88 Å². The van der Waals surface area contributed by atoms with Crippen LogP contribution in [-0.2, 0) is 0 Å². The molecule has 0 spiro atoms. The molecule has 0 radical (unpaired) electrons. The third-order valence-electron chi connectivity index (χ3n) is 7.46. The summed E-state index contributed by atoms with van der Waals surface area (Å²) in [5.74, 6) is 0.322. The summed E-state index contributed by atoms with van der Waals surface area (Å²) in [4.78, 5) is 0. The second kappa shape index (κ2) is 5.80. The molecule has 2 heteroatoms. The molecule has 0 bridgehead atoms. The van der Waals surface area contributed by atoms with Crippen LogP contribution in [0.3, 0.4) is 0 Å². The van der Waals surface area contributed by atoms with Crippen molar-refractivity contribution in [1.29, 1.82) is 0 Å². The van der Waals surface area contributed by atoms with E-state index in [0.29, 0.717) is 12.0 Å². The number of hydrogen-bond donors (Lipinski definition) is 1. The molecular weight excluding hydrogens is 388 g/mol. The van der Waals surface area contributed by atoms with Gasteiger partial charge in [0.15, 0.2) is 0 Å². The largest absolute Gasteiger partial charge is 0.378 e. The van der Waals surface area contributed by atoms with E-state index in [1.54, 1.807) is 0 Å². The molecule has 0 saturated heterocycles. The lowest BCUT2D eigenvalue weighted by Crippen LogP contribution is -2.21. The summed E-state index contributed by atoms with van der Waals surface area (Å²) in [6, 6.07) is 31.4. The Balaban J connectivity index is 1.66. The number of nitrogens with one attached hydrogen (secondary N) is 1. The van der Waals surface area contributed by atoms with Crippen molar-refractivity contribution in [2.24, 2.45) is 0 Å². The van der Waals surface area contributed by atoms with Crippen LogP contribution in [0.4, 0.5) is 5.69 Å². The van der Waals surface area contributed by atoms with Crippen LogP contribution in [0.15, 0.2) is 103 Å². The second-order valence-electron chi connectivity index (χ2n) is 8.99. The molecule has 0 saturated carbocycles. The van der Waals surface area contributed by atoms with Crippen LogP contribution in [0.25, 0.3) is 44.2 Å². The molecule has 1 aromatic heterocycles. The molecule has 2 heterocycles. The second-order valence-corrected chi connectivity index (χ2v) is 8.99. The molecule has 0 amide bonds. The average Bonchev–Trinajstić information content (AvgIpc) is 3.39. The van der Waals surface area contributed by atoms with Crippen LogP contribution in [0, 0.1) is 0 Å². The Labute approximate surface area is 186 Å². The highest BCUT2D eigenvalue weighted by atomic mass is 15.0. The van der Waals surface area contributed by atoms with Gasteiger partial charge in [0.2, 0.25) is 0 Å². The Morgan fingerprint density at radius 2 is 1.44 bits per heavy atom. The van der Waals surface area contributed by atoms with E-state index in [1.165, 1.54) is 61.0 Å². The van der Waals surface area contributed by atoms with Crippen molar-refractivity contribution in [3.63, 3.8) is 0 Å². The van der Waals surface area contributed by atoms with E-state index in [1.807, 2.05) is 0 Å². The molecule has 5 aromatic rings. The number of nitrogens with zero attached hydrogens (tertiary/aromatic N) is 1. The van der Waals surface area contributed by atoms with Gasteiger partial charge in [-0.25, -0.2) is 0 Å². The summed E-state index contributed by atoms with van der Waals surface area (Å²) in [7, 11) is 0. The zero-order chi connectivity index (χ0) is 20.8. The Morgan fingerprint density at radius 3 is 2.34 bits per heavy atom. The number of fused-ring (bicyclic) bond motifs is 3. The fraction of sp³-hybridized carbons (Fsp3) is 0.0667. The van der Waals surface area contributed by atoms with Crippen LogP contribution >= 0.6 is 0 Å². The quantitative estimate of drug-likeness (QED) is 0.308. The molecule has 150 valence electrons. The van der Waals surface area contributed by atoms with Crippen molar-refractivity contribution >= 4 is 33.1 Å². The molecule has 1 aliphatic heterocycles. The van der Waals surface area contributed by atoms with Gasteiger partial charge in [-0.2, -0.15) is 0 Å². The molecule has 2 unspecified atom stereocenters. The van der Waals surface area contributed by atoms with Gasteiger partial charge in [0.05, 0.1) is 17.1 Å². The molecule has 2 aliphatic carbocycles. The number of benzene rings is 4. The average molecular weight is 409 g/mol. The van der Waals surface area contributed by atoms with Crippen molar-refractivity contribution in [2.45, 2.75) is 12.0 Å². The summed E-state index contributed by atoms with van der Waals surface area (Å²) in [5, 5.41) is 6.59. The zero-order valence-electron chi connectivity index (χ0n) is 17.4. The maximum Gasteiger partial charge on any atom is 0.0558 e. The highest BCUT2D eigenvalue weighted by Gasteiger charge is 2.39. The van der Waals surface area contributed by atoms with Gasteiger partial charge in [-0.05, 0) is 58.2 Å². The Morgan fingerprint density at radius 1 is 0.656 bits per heavy atom. The van der Waals surface area contributed by atoms with Gasteiger partial charge in [-0.15, -0.1) is 0 Å². The van der Waals surface area contributed by atoms with Crippen molar-refractivity contribution in [1.82, 2.24) is 4.57 Å². The van der Waals surface area contributed by atoms with E-state index in [-0.39, 0.29) is 0 Å². The maximum atomic E-state index is 3.82. The third kappa shape index (κ3) is 1.91. The highest BCUT2D eigenvalue weighted by molar-refractivity contribution is 6.20. The smallest absolute Gasteiger partial charge is 0.0558 e. The molecule has 4 aromatic carbocycles. The topological polar surface area (TPSA) is 17.0 Å². The molecule has 1 N–H and O–H groups in total. The van der Waals surface area contributed by atoms with E-state index in [0.717, 1.165) is 0 Å². The van der Waals surface area contributed by atoms with Crippen LogP contribution in [0.5, 0.6) is 0 Å². The lowest BCUT2D eigenvalue weighted by molar-refractivity contribution is 0.827. The Bertz CT molecular complexity index is 1650. The monoisotopic (exact) mass is 408 g/mol. The van der Waals surface area contributed by atoms with Gasteiger partial charge in [-0.3, -0.25) is 0 Å². The summed E-state index contributed by atoms with van der Waals surface area (Å²) in [5.41, 5.74) is 11.9. The van der Waals surface area contributed by atoms with E-state index < -0.39 is 0 Å². The predicted molar refractivity (Wildman–Crippen MR) is 133 cm³/mol. The third-order valence-corrected chi connectivity index (χ3v) is 7.46. The lowest BCUT2D eigenvalue weighted by Gasteiger charge is -2.28.